The number of hydrogen-bond acceptors (Lipinski definition) is 6. The third kappa shape index (κ3) is 6.70. The average Bonchev–Trinajstić information content (AvgIpc) is 3.03. The fourth-order valence-corrected chi connectivity index (χ4v) is 2.32. The number of H-pyrrole nitrogens is 1. The lowest BCUT2D eigenvalue weighted by atomic mass is 10.1. The van der Waals surface area contributed by atoms with Gasteiger partial charge in [0.25, 0.3) is 0 Å². The number of rotatable bonds is 10. The van der Waals surface area contributed by atoms with Gasteiger partial charge in [-0.15, -0.1) is 0 Å². The van der Waals surface area contributed by atoms with E-state index in [9.17, 15) is 19.5 Å². The highest BCUT2D eigenvalue weighted by Gasteiger charge is 2.26. The molecule has 2 amide bonds. The minimum atomic E-state index is -1.17. The van der Waals surface area contributed by atoms with Crippen LogP contribution in [0.5, 0.6) is 0 Å². The van der Waals surface area contributed by atoms with Crippen LogP contribution in [-0.4, -0.2) is 63.5 Å². The van der Waals surface area contributed by atoms with Crippen LogP contribution in [0.25, 0.3) is 0 Å². The third-order valence-corrected chi connectivity index (χ3v) is 3.69. The van der Waals surface area contributed by atoms with Gasteiger partial charge in [-0.3, -0.25) is 9.59 Å². The molecule has 0 spiro atoms. The first-order valence-electron chi connectivity index (χ1n) is 6.96. The Morgan fingerprint density at radius 3 is 2.65 bits per heavy atom. The molecule has 1 heterocycles. The number of aromatic nitrogens is 2. The molecule has 9 nitrogen and oxygen atoms in total. The number of thioether (sulfide) groups is 1. The molecule has 10 heteroatoms. The Bertz CT molecular complexity index is 522. The van der Waals surface area contributed by atoms with Gasteiger partial charge in [0.2, 0.25) is 11.8 Å². The van der Waals surface area contributed by atoms with Gasteiger partial charge in [0, 0.05) is 18.3 Å². The van der Waals surface area contributed by atoms with Crippen molar-refractivity contribution in [1.29, 1.82) is 0 Å². The van der Waals surface area contributed by atoms with Crippen molar-refractivity contribution in [2.45, 2.75) is 24.9 Å². The Morgan fingerprint density at radius 1 is 1.39 bits per heavy atom. The number of carbonyl (C=O) groups is 3. The van der Waals surface area contributed by atoms with E-state index in [1.807, 2.05) is 6.26 Å². The number of carboxylic acid groups (broad SMARTS) is 1. The van der Waals surface area contributed by atoms with Crippen LogP contribution in [0.1, 0.15) is 12.1 Å². The SMILES string of the molecule is CSCCC(NC(=O)CN)C(=O)NC(Cc1cnc[nH]1)C(=O)O. The Balaban J connectivity index is 2.71. The van der Waals surface area contributed by atoms with Gasteiger partial charge < -0.3 is 26.5 Å². The maximum absolute atomic E-state index is 12.3. The summed E-state index contributed by atoms with van der Waals surface area (Å²) < 4.78 is 0. The zero-order valence-corrected chi connectivity index (χ0v) is 13.6. The first-order valence-corrected chi connectivity index (χ1v) is 8.36. The predicted molar refractivity (Wildman–Crippen MR) is 85.8 cm³/mol. The van der Waals surface area contributed by atoms with Gasteiger partial charge >= 0.3 is 5.97 Å². The van der Waals surface area contributed by atoms with Crippen molar-refractivity contribution in [1.82, 2.24) is 20.6 Å². The highest BCUT2D eigenvalue weighted by Crippen LogP contribution is 2.04. The summed E-state index contributed by atoms with van der Waals surface area (Å²) in [6.07, 6.45) is 5.25. The fraction of sp³-hybridized carbons (Fsp3) is 0.538. The molecule has 1 aromatic rings. The molecule has 0 saturated carbocycles. The van der Waals surface area contributed by atoms with Crippen LogP contribution in [0.4, 0.5) is 0 Å². The van der Waals surface area contributed by atoms with E-state index in [0.29, 0.717) is 17.9 Å². The monoisotopic (exact) mass is 343 g/mol. The molecule has 2 unspecified atom stereocenters. The van der Waals surface area contributed by atoms with Crippen LogP contribution in [0.2, 0.25) is 0 Å². The van der Waals surface area contributed by atoms with Gasteiger partial charge in [-0.25, -0.2) is 9.78 Å². The second-order valence-electron chi connectivity index (χ2n) is 4.79. The van der Waals surface area contributed by atoms with E-state index in [1.165, 1.54) is 24.3 Å². The summed E-state index contributed by atoms with van der Waals surface area (Å²) in [7, 11) is 0. The number of carbonyl (C=O) groups excluding carboxylic acids is 2. The topological polar surface area (TPSA) is 150 Å². The molecule has 0 radical (unpaired) electrons. The molecule has 0 fully saturated rings. The van der Waals surface area contributed by atoms with Gasteiger partial charge in [0.15, 0.2) is 0 Å². The summed E-state index contributed by atoms with van der Waals surface area (Å²) in [5.41, 5.74) is 5.82. The van der Waals surface area contributed by atoms with Crippen LogP contribution in [0.3, 0.4) is 0 Å². The van der Waals surface area contributed by atoms with Gasteiger partial charge in [-0.1, -0.05) is 0 Å². The molecule has 1 rings (SSSR count). The largest absolute Gasteiger partial charge is 0.480 e. The Morgan fingerprint density at radius 2 is 2.13 bits per heavy atom. The zero-order chi connectivity index (χ0) is 17.2. The molecular weight excluding hydrogens is 322 g/mol. The number of imidazole rings is 1. The van der Waals surface area contributed by atoms with Crippen molar-refractivity contribution in [2.24, 2.45) is 5.73 Å². The van der Waals surface area contributed by atoms with Crippen LogP contribution in [0.15, 0.2) is 12.5 Å². The number of nitrogens with zero attached hydrogens (tertiary/aromatic N) is 1. The number of hydrogen-bond donors (Lipinski definition) is 5. The van der Waals surface area contributed by atoms with Gasteiger partial charge in [-0.2, -0.15) is 11.8 Å². The molecule has 0 aliphatic rings. The summed E-state index contributed by atoms with van der Waals surface area (Å²) in [4.78, 5) is 41.6. The predicted octanol–water partition coefficient (Wildman–Crippen LogP) is -1.28. The second kappa shape index (κ2) is 9.85. The maximum Gasteiger partial charge on any atom is 0.326 e. The standard InChI is InChI=1S/C13H21N5O4S/c1-23-3-2-9(17-11(19)5-14)12(20)18-10(13(21)22)4-8-6-15-7-16-8/h6-7,9-10H,2-5,14H2,1H3,(H,15,16)(H,17,19)(H,18,20)(H,21,22). The van der Waals surface area contributed by atoms with E-state index in [2.05, 4.69) is 20.6 Å². The van der Waals surface area contributed by atoms with Crippen molar-refractivity contribution < 1.29 is 19.5 Å². The molecule has 23 heavy (non-hydrogen) atoms. The average molecular weight is 343 g/mol. The molecule has 0 aromatic carbocycles. The summed E-state index contributed by atoms with van der Waals surface area (Å²) in [5, 5.41) is 14.2. The van der Waals surface area contributed by atoms with Crippen LogP contribution in [0, 0.1) is 0 Å². The summed E-state index contributed by atoms with van der Waals surface area (Å²) in [6, 6.07) is -1.93. The summed E-state index contributed by atoms with van der Waals surface area (Å²) in [5.74, 6) is -1.54. The fourth-order valence-electron chi connectivity index (χ4n) is 1.85. The molecular formula is C13H21N5O4S. The quantitative estimate of drug-likeness (QED) is 0.355. The number of carboxylic acids is 1. The van der Waals surface area contributed by atoms with Crippen LogP contribution < -0.4 is 16.4 Å². The van der Waals surface area contributed by atoms with Crippen molar-refractivity contribution in [3.8, 4) is 0 Å². The highest BCUT2D eigenvalue weighted by molar-refractivity contribution is 7.98. The number of aromatic amines is 1. The number of amides is 2. The summed E-state index contributed by atoms with van der Waals surface area (Å²) >= 11 is 1.52. The Labute approximate surface area is 137 Å². The van der Waals surface area contributed by atoms with Gasteiger partial charge in [-0.05, 0) is 18.4 Å². The van der Waals surface area contributed by atoms with Crippen molar-refractivity contribution in [2.75, 3.05) is 18.6 Å². The molecule has 0 saturated heterocycles. The van der Waals surface area contributed by atoms with Crippen molar-refractivity contribution in [3.05, 3.63) is 18.2 Å². The van der Waals surface area contributed by atoms with Gasteiger partial charge in [0.05, 0.1) is 12.9 Å². The molecule has 2 atom stereocenters. The Kier molecular flexibility index (Phi) is 8.13. The first kappa shape index (κ1) is 19.0. The minimum absolute atomic E-state index is 0.0706. The second-order valence-corrected chi connectivity index (χ2v) is 5.77. The molecule has 0 aliphatic carbocycles. The van der Waals surface area contributed by atoms with E-state index < -0.39 is 29.9 Å². The lowest BCUT2D eigenvalue weighted by Crippen LogP contribution is -2.53. The summed E-state index contributed by atoms with van der Waals surface area (Å²) in [6.45, 7) is -0.237. The molecule has 0 bridgehead atoms. The smallest absolute Gasteiger partial charge is 0.326 e. The molecule has 128 valence electrons. The normalized spacial score (nSPS) is 13.1. The lowest BCUT2D eigenvalue weighted by Gasteiger charge is -2.21. The highest BCUT2D eigenvalue weighted by atomic mass is 32.2. The lowest BCUT2D eigenvalue weighted by molar-refractivity contribution is -0.142. The minimum Gasteiger partial charge on any atom is -0.480 e. The number of nitrogens with one attached hydrogen (secondary N) is 3. The van der Waals surface area contributed by atoms with E-state index in [1.54, 1.807) is 0 Å². The maximum atomic E-state index is 12.3. The zero-order valence-electron chi connectivity index (χ0n) is 12.7. The molecule has 1 aromatic heterocycles. The third-order valence-electron chi connectivity index (χ3n) is 3.04. The Hall–Kier alpha value is -2.07. The van der Waals surface area contributed by atoms with E-state index in [4.69, 9.17) is 5.73 Å². The van der Waals surface area contributed by atoms with E-state index in [-0.39, 0.29) is 13.0 Å². The van der Waals surface area contributed by atoms with Crippen LogP contribution in [-0.2, 0) is 20.8 Å². The van der Waals surface area contributed by atoms with E-state index in [0.717, 1.165) is 0 Å². The van der Waals surface area contributed by atoms with Crippen molar-refractivity contribution >= 4 is 29.5 Å². The van der Waals surface area contributed by atoms with Crippen molar-refractivity contribution in [3.63, 3.8) is 0 Å². The van der Waals surface area contributed by atoms with Gasteiger partial charge in [0.1, 0.15) is 12.1 Å². The molecule has 0 aliphatic heterocycles. The molecule has 6 N–H and O–H groups in total. The number of nitrogens with two attached hydrogens (primary N) is 1. The number of aliphatic carboxylic acids is 1. The van der Waals surface area contributed by atoms with E-state index >= 15 is 0 Å². The first-order chi connectivity index (χ1) is 11.0. The van der Waals surface area contributed by atoms with Crippen LogP contribution >= 0.6 is 11.8 Å².